The summed E-state index contributed by atoms with van der Waals surface area (Å²) in [5.41, 5.74) is 0.576. The van der Waals surface area contributed by atoms with Crippen molar-refractivity contribution in [3.63, 3.8) is 0 Å². The van der Waals surface area contributed by atoms with Crippen molar-refractivity contribution in [1.29, 1.82) is 0 Å². The highest BCUT2D eigenvalue weighted by Crippen LogP contribution is 2.29. The van der Waals surface area contributed by atoms with E-state index in [4.69, 9.17) is 9.47 Å². The van der Waals surface area contributed by atoms with E-state index in [1.54, 1.807) is 36.1 Å². The van der Waals surface area contributed by atoms with Gasteiger partial charge in [0.05, 0.1) is 12.1 Å². The number of rotatable bonds is 4. The summed E-state index contributed by atoms with van der Waals surface area (Å²) >= 11 is 0. The molecule has 2 aliphatic rings. The van der Waals surface area contributed by atoms with Crippen LogP contribution in [-0.2, 0) is 19.1 Å². The number of esters is 1. The Morgan fingerprint density at radius 2 is 1.92 bits per heavy atom. The van der Waals surface area contributed by atoms with Crippen LogP contribution in [0.25, 0.3) is 0 Å². The summed E-state index contributed by atoms with van der Waals surface area (Å²) in [5.74, 6) is -0.689. The Bertz CT molecular complexity index is 682. The Balaban J connectivity index is 1.53. The summed E-state index contributed by atoms with van der Waals surface area (Å²) in [7, 11) is 0. The Kier molecular flexibility index (Phi) is 5.75. The minimum Gasteiger partial charge on any atom is -0.478 e. The molecule has 0 saturated carbocycles. The molecule has 0 unspecified atom stereocenters. The van der Waals surface area contributed by atoms with Crippen LogP contribution in [0.3, 0.4) is 0 Å². The molecule has 2 heterocycles. The van der Waals surface area contributed by atoms with E-state index in [1.807, 2.05) is 0 Å². The lowest BCUT2D eigenvalue weighted by Gasteiger charge is -2.26. The summed E-state index contributed by atoms with van der Waals surface area (Å²) in [6.45, 7) is 2.97. The lowest BCUT2D eigenvalue weighted by Crippen LogP contribution is -2.42. The summed E-state index contributed by atoms with van der Waals surface area (Å²) in [6, 6.07) is 7.02. The van der Waals surface area contributed by atoms with E-state index in [2.05, 4.69) is 5.32 Å². The number of amides is 2. The first-order valence-electron chi connectivity index (χ1n) is 9.09. The number of hydrogen-bond donors (Lipinski definition) is 1. The number of nitrogens with zero attached hydrogens (tertiary/aromatic N) is 1. The second-order valence-electron chi connectivity index (χ2n) is 6.67. The number of anilines is 1. The first-order valence-corrected chi connectivity index (χ1v) is 9.09. The van der Waals surface area contributed by atoms with E-state index < -0.39 is 24.1 Å². The molecule has 2 amide bonds. The fraction of sp³-hybridized carbons (Fsp3) is 0.526. The van der Waals surface area contributed by atoms with Crippen molar-refractivity contribution in [3.05, 3.63) is 24.3 Å². The number of nitrogens with one attached hydrogen (secondary N) is 1. The third kappa shape index (κ3) is 4.33. The van der Waals surface area contributed by atoms with Crippen LogP contribution in [0.2, 0.25) is 0 Å². The summed E-state index contributed by atoms with van der Waals surface area (Å²) in [5, 5.41) is 2.70. The topological polar surface area (TPSA) is 84.9 Å². The normalized spacial score (nSPS) is 20.9. The molecule has 1 saturated heterocycles. The maximum atomic E-state index is 12.4. The molecule has 2 atom stereocenters. The van der Waals surface area contributed by atoms with E-state index >= 15 is 0 Å². The molecule has 1 fully saturated rings. The first-order chi connectivity index (χ1) is 12.5. The third-order valence-corrected chi connectivity index (χ3v) is 4.63. The number of benzene rings is 1. The Hall–Kier alpha value is -2.57. The zero-order valence-electron chi connectivity index (χ0n) is 14.9. The van der Waals surface area contributed by atoms with Crippen LogP contribution in [0.15, 0.2) is 24.3 Å². The number of hydrogen-bond acceptors (Lipinski definition) is 5. The van der Waals surface area contributed by atoms with Gasteiger partial charge in [0.25, 0.3) is 11.8 Å². The van der Waals surface area contributed by atoms with Crippen molar-refractivity contribution in [2.75, 3.05) is 18.4 Å². The van der Waals surface area contributed by atoms with Gasteiger partial charge in [-0.2, -0.15) is 0 Å². The van der Waals surface area contributed by atoms with Gasteiger partial charge in [0.1, 0.15) is 5.75 Å². The summed E-state index contributed by atoms with van der Waals surface area (Å²) in [4.78, 5) is 38.5. The maximum Gasteiger partial charge on any atom is 0.310 e. The molecule has 2 aliphatic heterocycles. The second-order valence-corrected chi connectivity index (χ2v) is 6.67. The van der Waals surface area contributed by atoms with E-state index in [0.717, 1.165) is 25.7 Å². The molecular formula is C19H24N2O5. The highest BCUT2D eigenvalue weighted by molar-refractivity contribution is 5.99. The van der Waals surface area contributed by atoms with E-state index in [1.165, 1.54) is 0 Å². The molecule has 0 spiro atoms. The van der Waals surface area contributed by atoms with Crippen LogP contribution < -0.4 is 10.1 Å². The van der Waals surface area contributed by atoms with Crippen molar-refractivity contribution < 1.29 is 23.9 Å². The molecule has 1 aromatic carbocycles. The maximum absolute atomic E-state index is 12.4. The highest BCUT2D eigenvalue weighted by atomic mass is 16.6. The van der Waals surface area contributed by atoms with Gasteiger partial charge >= 0.3 is 5.97 Å². The van der Waals surface area contributed by atoms with E-state index in [9.17, 15) is 14.4 Å². The molecule has 7 heteroatoms. The van der Waals surface area contributed by atoms with Gasteiger partial charge in [0.15, 0.2) is 12.2 Å². The molecule has 7 nitrogen and oxygen atoms in total. The smallest absolute Gasteiger partial charge is 0.310 e. The number of para-hydroxylation sites is 2. The van der Waals surface area contributed by atoms with Gasteiger partial charge in [0, 0.05) is 13.1 Å². The number of fused-ring (bicyclic) bond motifs is 1. The van der Waals surface area contributed by atoms with Gasteiger partial charge in [0.2, 0.25) is 0 Å². The standard InChI is InChI=1S/C19H24N2O5/c1-13(19(24)21-10-6-2-3-7-11-21)25-17(22)12-16-18(23)20-14-8-4-5-9-15(14)26-16/h4-5,8-9,13,16H,2-3,6-7,10-12H2,1H3,(H,20,23)/t13-,16-/m1/s1. The highest BCUT2D eigenvalue weighted by Gasteiger charge is 2.32. The van der Waals surface area contributed by atoms with Crippen LogP contribution in [0, 0.1) is 0 Å². The van der Waals surface area contributed by atoms with Crippen LogP contribution in [0.5, 0.6) is 5.75 Å². The minimum absolute atomic E-state index is 0.181. The van der Waals surface area contributed by atoms with Crippen molar-refractivity contribution in [2.45, 2.75) is 51.2 Å². The fourth-order valence-electron chi connectivity index (χ4n) is 3.22. The molecule has 3 rings (SSSR count). The number of likely N-dealkylation sites (tertiary alicyclic amines) is 1. The molecule has 0 radical (unpaired) electrons. The first kappa shape index (κ1) is 18.2. The van der Waals surface area contributed by atoms with Crippen molar-refractivity contribution in [2.24, 2.45) is 0 Å². The molecule has 0 aliphatic carbocycles. The van der Waals surface area contributed by atoms with Crippen LogP contribution in [0.1, 0.15) is 39.0 Å². The van der Waals surface area contributed by atoms with Gasteiger partial charge < -0.3 is 19.7 Å². The van der Waals surface area contributed by atoms with Crippen LogP contribution >= 0.6 is 0 Å². The SMILES string of the molecule is C[C@@H](OC(=O)C[C@H]1Oc2ccccc2NC1=O)C(=O)N1CCCCCC1. The number of carbonyl (C=O) groups is 3. The summed E-state index contributed by atoms with van der Waals surface area (Å²) in [6.07, 6.45) is 2.13. The summed E-state index contributed by atoms with van der Waals surface area (Å²) < 4.78 is 10.8. The van der Waals surface area contributed by atoms with E-state index in [0.29, 0.717) is 24.5 Å². The van der Waals surface area contributed by atoms with Crippen LogP contribution in [0.4, 0.5) is 5.69 Å². The number of carbonyl (C=O) groups excluding carboxylic acids is 3. The van der Waals surface area contributed by atoms with Gasteiger partial charge in [-0.15, -0.1) is 0 Å². The molecule has 140 valence electrons. The average molecular weight is 360 g/mol. The second kappa shape index (κ2) is 8.21. The Morgan fingerprint density at radius 1 is 1.23 bits per heavy atom. The Labute approximate surface area is 152 Å². The molecule has 1 N–H and O–H groups in total. The molecule has 0 aromatic heterocycles. The zero-order chi connectivity index (χ0) is 18.5. The molecular weight excluding hydrogens is 336 g/mol. The van der Waals surface area contributed by atoms with Crippen LogP contribution in [-0.4, -0.2) is 48.0 Å². The predicted octanol–water partition coefficient (Wildman–Crippen LogP) is 2.11. The lowest BCUT2D eigenvalue weighted by molar-refractivity contribution is -0.161. The molecule has 26 heavy (non-hydrogen) atoms. The monoisotopic (exact) mass is 360 g/mol. The predicted molar refractivity (Wildman–Crippen MR) is 94.7 cm³/mol. The quantitative estimate of drug-likeness (QED) is 0.832. The van der Waals surface area contributed by atoms with Gasteiger partial charge in [-0.1, -0.05) is 25.0 Å². The van der Waals surface area contributed by atoms with Gasteiger partial charge in [-0.25, -0.2) is 0 Å². The minimum atomic E-state index is -0.960. The largest absolute Gasteiger partial charge is 0.478 e. The number of ether oxygens (including phenoxy) is 2. The zero-order valence-corrected chi connectivity index (χ0v) is 14.9. The van der Waals surface area contributed by atoms with Crippen molar-refractivity contribution in [1.82, 2.24) is 4.90 Å². The average Bonchev–Trinajstić information content (AvgIpc) is 2.91. The molecule has 1 aromatic rings. The third-order valence-electron chi connectivity index (χ3n) is 4.63. The molecule has 0 bridgehead atoms. The Morgan fingerprint density at radius 3 is 2.65 bits per heavy atom. The fourth-order valence-corrected chi connectivity index (χ4v) is 3.22. The van der Waals surface area contributed by atoms with E-state index in [-0.39, 0.29) is 12.3 Å². The van der Waals surface area contributed by atoms with Crippen molar-refractivity contribution in [3.8, 4) is 5.75 Å². The lowest BCUT2D eigenvalue weighted by atomic mass is 10.1. The van der Waals surface area contributed by atoms with Crippen molar-refractivity contribution >= 4 is 23.5 Å². The van der Waals surface area contributed by atoms with Gasteiger partial charge in [-0.05, 0) is 31.9 Å². The van der Waals surface area contributed by atoms with Gasteiger partial charge in [-0.3, -0.25) is 14.4 Å².